The van der Waals surface area contributed by atoms with Crippen LogP contribution in [0.1, 0.15) is 231 Å². The normalized spacial score (nSPS) is 11.7. The van der Waals surface area contributed by atoms with Crippen molar-refractivity contribution in [3.8, 4) is 0 Å². The van der Waals surface area contributed by atoms with Gasteiger partial charge in [0, 0.05) is 32.1 Å². The Morgan fingerprint density at radius 3 is 1.71 bits per heavy atom. The number of rotatable bonds is 23. The smallest absolute Gasteiger partial charge is 0.245 e. The lowest BCUT2D eigenvalue weighted by molar-refractivity contribution is 0.0103. The van der Waals surface area contributed by atoms with Crippen molar-refractivity contribution in [1.82, 2.24) is 5.16 Å². The summed E-state index contributed by atoms with van der Waals surface area (Å²) in [5, 5.41) is 3.96. The van der Waals surface area contributed by atoms with Crippen LogP contribution in [-0.2, 0) is 11.2 Å². The van der Waals surface area contributed by atoms with E-state index in [1.165, 1.54) is 57.8 Å². The first-order chi connectivity index (χ1) is 24.2. The van der Waals surface area contributed by atoms with E-state index in [1.54, 1.807) is 0 Å². The van der Waals surface area contributed by atoms with E-state index in [0.29, 0.717) is 29.6 Å². The molecule has 0 aromatic carbocycles. The fourth-order valence-electron chi connectivity index (χ4n) is 4.83. The van der Waals surface area contributed by atoms with Crippen molar-refractivity contribution in [2.24, 2.45) is 29.1 Å². The van der Waals surface area contributed by atoms with Crippen molar-refractivity contribution in [2.45, 2.75) is 232 Å². The van der Waals surface area contributed by atoms with E-state index >= 15 is 0 Å². The lowest BCUT2D eigenvalue weighted by Crippen LogP contribution is -2.11. The zero-order chi connectivity index (χ0) is 41.0. The van der Waals surface area contributed by atoms with E-state index in [2.05, 4.69) is 128 Å². The summed E-state index contributed by atoms with van der Waals surface area (Å²) < 4.78 is 35.1. The molecule has 1 heterocycles. The van der Waals surface area contributed by atoms with Crippen LogP contribution in [0.2, 0.25) is 0 Å². The van der Waals surface area contributed by atoms with E-state index in [0.717, 1.165) is 75.5 Å². The van der Waals surface area contributed by atoms with Crippen LogP contribution in [0, 0.1) is 29.1 Å². The summed E-state index contributed by atoms with van der Waals surface area (Å²) in [6.07, 6.45) is 22.2. The van der Waals surface area contributed by atoms with Gasteiger partial charge in [-0.15, -0.1) is 0 Å². The highest BCUT2D eigenvalue weighted by molar-refractivity contribution is 5.08. The number of ether oxygens (including phenoxy) is 1. The Bertz CT molecular complexity index is 850. The molecule has 5 heteroatoms. The molecular formula is C47H95F2NO2. The van der Waals surface area contributed by atoms with Crippen LogP contribution in [0.25, 0.3) is 0 Å². The second-order valence-electron chi connectivity index (χ2n) is 17.7. The maximum absolute atomic E-state index is 12.3. The maximum atomic E-state index is 12.3. The van der Waals surface area contributed by atoms with Crippen molar-refractivity contribution >= 4 is 0 Å². The van der Waals surface area contributed by atoms with E-state index in [9.17, 15) is 8.78 Å². The number of hydrogen-bond donors (Lipinski definition) is 0. The lowest BCUT2D eigenvalue weighted by atomic mass is 9.82. The van der Waals surface area contributed by atoms with Gasteiger partial charge in [-0.05, 0) is 86.9 Å². The minimum absolute atomic E-state index is 0.0467. The first kappa shape index (κ1) is 57.5. The average Bonchev–Trinajstić information content (AvgIpc) is 3.50. The molecule has 0 atom stereocenters. The Kier molecular flexibility index (Phi) is 42.1. The fourth-order valence-corrected chi connectivity index (χ4v) is 4.83. The molecule has 0 aliphatic rings. The predicted octanol–water partition coefficient (Wildman–Crippen LogP) is 17.1. The van der Waals surface area contributed by atoms with Crippen LogP contribution in [-0.4, -0.2) is 24.3 Å². The van der Waals surface area contributed by atoms with Crippen LogP contribution in [0.3, 0.4) is 0 Å². The van der Waals surface area contributed by atoms with Gasteiger partial charge in [0.25, 0.3) is 0 Å². The van der Waals surface area contributed by atoms with E-state index in [1.807, 2.05) is 6.07 Å². The highest BCUT2D eigenvalue weighted by Gasteiger charge is 2.19. The molecule has 0 radical (unpaired) electrons. The molecule has 0 bridgehead atoms. The van der Waals surface area contributed by atoms with Gasteiger partial charge in [-0.25, -0.2) is 8.78 Å². The average molecular weight is 744 g/mol. The van der Waals surface area contributed by atoms with E-state index in [-0.39, 0.29) is 6.42 Å². The SMILES string of the molecule is CC(C)CCCCCC(C)(F)F.CCC/C=C\CC(C)C.CCCC(C)(C)CCC(C)C.CCCCOCC(C)C.CCCc1cc(C(C)C)no1. The summed E-state index contributed by atoms with van der Waals surface area (Å²) in [4.78, 5) is 0. The molecule has 52 heavy (non-hydrogen) atoms. The second-order valence-corrected chi connectivity index (χ2v) is 17.7. The first-order valence-electron chi connectivity index (χ1n) is 21.7. The molecular weight excluding hydrogens is 649 g/mol. The number of hydrogen-bond acceptors (Lipinski definition) is 3. The Morgan fingerprint density at radius 2 is 1.29 bits per heavy atom. The topological polar surface area (TPSA) is 35.3 Å². The van der Waals surface area contributed by atoms with Gasteiger partial charge in [0.05, 0.1) is 5.69 Å². The Hall–Kier alpha value is -1.23. The van der Waals surface area contributed by atoms with Crippen molar-refractivity contribution in [2.75, 3.05) is 13.2 Å². The quantitative estimate of drug-likeness (QED) is 0.0827. The molecule has 0 amide bonds. The van der Waals surface area contributed by atoms with Gasteiger partial charge >= 0.3 is 0 Å². The summed E-state index contributed by atoms with van der Waals surface area (Å²) >= 11 is 0. The number of nitrogens with zero attached hydrogens (tertiary/aromatic N) is 1. The number of allylic oxidation sites excluding steroid dienone is 2. The van der Waals surface area contributed by atoms with Gasteiger partial charge in [-0.2, -0.15) is 0 Å². The Balaban J connectivity index is -0.000000278. The van der Waals surface area contributed by atoms with Gasteiger partial charge in [0.2, 0.25) is 5.92 Å². The molecule has 0 unspecified atom stereocenters. The monoisotopic (exact) mass is 744 g/mol. The standard InChI is InChI=1S/C11H24.C10H20F2.C9H15NO.C9H18.C8H18O/c1-6-8-11(4,5)9-7-10(2)3;1-9(2)7-5-4-6-8-10(3,11)12;1-4-5-8-6-9(7(2)3)10-11-8;1-4-5-6-7-8-9(2)3;1-4-5-6-9-7-8(2)3/h10H,6-9H2,1-5H3;9H,4-8H2,1-3H3;6-7H,4-5H2,1-3H3;6-7,9H,4-5,8H2,1-3H3;8H,4-7H2,1-3H3/b;;;7-6-;. The van der Waals surface area contributed by atoms with Gasteiger partial charge in [0.15, 0.2) is 0 Å². The van der Waals surface area contributed by atoms with E-state index < -0.39 is 5.92 Å². The number of unbranched alkanes of at least 4 members (excludes halogenated alkanes) is 4. The highest BCUT2D eigenvalue weighted by atomic mass is 19.3. The van der Waals surface area contributed by atoms with Gasteiger partial charge in [-0.3, -0.25) is 0 Å². The largest absolute Gasteiger partial charge is 0.381 e. The molecule has 0 aliphatic heterocycles. The summed E-state index contributed by atoms with van der Waals surface area (Å²) in [6, 6.07) is 2.05. The van der Waals surface area contributed by atoms with Gasteiger partial charge < -0.3 is 9.26 Å². The fraction of sp³-hybridized carbons (Fsp3) is 0.894. The number of halogens is 2. The third-order valence-corrected chi connectivity index (χ3v) is 8.21. The van der Waals surface area contributed by atoms with Gasteiger partial charge in [-0.1, -0.05) is 173 Å². The Morgan fingerprint density at radius 1 is 0.673 bits per heavy atom. The zero-order valence-corrected chi connectivity index (χ0v) is 38.4. The van der Waals surface area contributed by atoms with Crippen molar-refractivity contribution in [3.05, 3.63) is 29.7 Å². The molecule has 0 saturated carbocycles. The van der Waals surface area contributed by atoms with E-state index in [4.69, 9.17) is 9.26 Å². The van der Waals surface area contributed by atoms with Crippen molar-refractivity contribution in [3.63, 3.8) is 0 Å². The summed E-state index contributed by atoms with van der Waals surface area (Å²) in [5.41, 5.74) is 1.65. The number of aromatic nitrogens is 1. The van der Waals surface area contributed by atoms with Crippen LogP contribution >= 0.6 is 0 Å². The molecule has 314 valence electrons. The molecule has 0 N–H and O–H groups in total. The van der Waals surface area contributed by atoms with Crippen LogP contribution in [0.15, 0.2) is 22.7 Å². The third kappa shape index (κ3) is 53.1. The number of aryl methyl sites for hydroxylation is 1. The third-order valence-electron chi connectivity index (χ3n) is 8.21. The molecule has 0 fully saturated rings. The molecule has 0 saturated heterocycles. The van der Waals surface area contributed by atoms with Crippen molar-refractivity contribution < 1.29 is 18.0 Å². The van der Waals surface area contributed by atoms with Crippen molar-refractivity contribution in [1.29, 1.82) is 0 Å². The minimum atomic E-state index is -2.46. The van der Waals surface area contributed by atoms with Crippen LogP contribution in [0.4, 0.5) is 8.78 Å². The predicted molar refractivity (Wildman–Crippen MR) is 230 cm³/mol. The van der Waals surface area contributed by atoms with Gasteiger partial charge in [0.1, 0.15) is 5.76 Å². The number of alkyl halides is 2. The molecule has 3 nitrogen and oxygen atoms in total. The zero-order valence-electron chi connectivity index (χ0n) is 38.4. The maximum Gasteiger partial charge on any atom is 0.245 e. The molecule has 0 spiro atoms. The molecule has 1 aromatic rings. The first-order valence-corrected chi connectivity index (χ1v) is 21.7. The minimum Gasteiger partial charge on any atom is -0.381 e. The van der Waals surface area contributed by atoms with Crippen LogP contribution in [0.5, 0.6) is 0 Å². The summed E-state index contributed by atoms with van der Waals surface area (Å²) in [5.74, 6) is 2.09. The summed E-state index contributed by atoms with van der Waals surface area (Å²) in [6.45, 7) is 38.4. The molecule has 0 aliphatic carbocycles. The van der Waals surface area contributed by atoms with Crippen LogP contribution < -0.4 is 0 Å². The lowest BCUT2D eigenvalue weighted by Gasteiger charge is -2.24. The Labute approximate surface area is 326 Å². The summed E-state index contributed by atoms with van der Waals surface area (Å²) in [7, 11) is 0. The highest BCUT2D eigenvalue weighted by Crippen LogP contribution is 2.29. The second kappa shape index (κ2) is 38.1. The molecule has 1 aromatic heterocycles. The molecule has 1 rings (SSSR count).